The first-order valence-electron chi connectivity index (χ1n) is 3.16. The first-order valence-corrected chi connectivity index (χ1v) is 4.66. The van der Waals surface area contributed by atoms with Gasteiger partial charge in [-0.1, -0.05) is 27.5 Å². The molecule has 60 valence electrons. The molecule has 0 aliphatic heterocycles. The molecule has 0 saturated heterocycles. The van der Waals surface area contributed by atoms with Gasteiger partial charge in [-0.25, -0.2) is 4.98 Å². The smallest absolute Gasteiger partial charge is 0.131 e. The number of nitrogens with one attached hydrogen (secondary N) is 1. The Morgan fingerprint density at radius 3 is 3.00 bits per heavy atom. The van der Waals surface area contributed by atoms with E-state index in [0.717, 1.165) is 16.6 Å². The number of rotatable bonds is 2. The zero-order valence-corrected chi connectivity index (χ0v) is 8.41. The van der Waals surface area contributed by atoms with Crippen LogP contribution in [0.15, 0.2) is 12.3 Å². The van der Waals surface area contributed by atoms with Gasteiger partial charge in [0, 0.05) is 29.8 Å². The van der Waals surface area contributed by atoms with Crippen LogP contribution in [-0.4, -0.2) is 12.0 Å². The van der Waals surface area contributed by atoms with E-state index in [1.165, 1.54) is 0 Å². The lowest BCUT2D eigenvalue weighted by Gasteiger charge is -2.04. The first kappa shape index (κ1) is 8.81. The lowest BCUT2D eigenvalue weighted by atomic mass is 10.3. The Hall–Kier alpha value is -0.280. The van der Waals surface area contributed by atoms with Crippen LogP contribution in [0.1, 0.15) is 5.56 Å². The summed E-state index contributed by atoms with van der Waals surface area (Å²) in [5, 5.41) is 4.33. The molecule has 1 aromatic rings. The number of halogens is 2. The fraction of sp³-hybridized carbons (Fsp3) is 0.286. The van der Waals surface area contributed by atoms with Crippen molar-refractivity contribution in [3.63, 3.8) is 0 Å². The number of nitrogens with zero attached hydrogens (tertiary/aromatic N) is 1. The average Bonchev–Trinajstić information content (AvgIpc) is 2.04. The summed E-state index contributed by atoms with van der Waals surface area (Å²) in [7, 11) is 1.86. The minimum atomic E-state index is 0.513. The number of hydrogen-bond acceptors (Lipinski definition) is 2. The highest BCUT2D eigenvalue weighted by Crippen LogP contribution is 2.19. The number of alkyl halides is 1. The highest BCUT2D eigenvalue weighted by molar-refractivity contribution is 9.08. The molecule has 0 saturated carbocycles. The van der Waals surface area contributed by atoms with Gasteiger partial charge < -0.3 is 5.32 Å². The summed E-state index contributed by atoms with van der Waals surface area (Å²) in [4.78, 5) is 3.95. The van der Waals surface area contributed by atoms with E-state index in [0.29, 0.717) is 5.15 Å². The molecule has 0 fully saturated rings. The molecule has 2 nitrogen and oxygen atoms in total. The van der Waals surface area contributed by atoms with Crippen molar-refractivity contribution in [2.24, 2.45) is 0 Å². The van der Waals surface area contributed by atoms with Crippen molar-refractivity contribution in [3.05, 3.63) is 23.0 Å². The largest absolute Gasteiger partial charge is 0.388 e. The van der Waals surface area contributed by atoms with E-state index in [1.807, 2.05) is 7.05 Å². The Labute approximate surface area is 79.1 Å². The van der Waals surface area contributed by atoms with E-state index in [1.54, 1.807) is 12.3 Å². The summed E-state index contributed by atoms with van der Waals surface area (Å²) in [6.45, 7) is 0. The summed E-state index contributed by atoms with van der Waals surface area (Å²) in [6, 6.07) is 1.80. The van der Waals surface area contributed by atoms with Gasteiger partial charge in [-0.3, -0.25) is 0 Å². The standard InChI is InChI=1S/C7H8BrClN2/c1-10-6-2-7(9)11-4-5(6)3-8/h2,4H,3H2,1H3,(H,10,11). The molecule has 11 heavy (non-hydrogen) atoms. The number of hydrogen-bond donors (Lipinski definition) is 1. The minimum Gasteiger partial charge on any atom is -0.388 e. The molecule has 0 bridgehead atoms. The SMILES string of the molecule is CNc1cc(Cl)ncc1CBr. The summed E-state index contributed by atoms with van der Waals surface area (Å²) >= 11 is 9.04. The maximum Gasteiger partial charge on any atom is 0.131 e. The van der Waals surface area contributed by atoms with E-state index in [4.69, 9.17) is 11.6 Å². The topological polar surface area (TPSA) is 24.9 Å². The van der Waals surface area contributed by atoms with Gasteiger partial charge in [0.2, 0.25) is 0 Å². The molecule has 0 atom stereocenters. The normalized spacial score (nSPS) is 9.73. The quantitative estimate of drug-likeness (QED) is 0.630. The van der Waals surface area contributed by atoms with E-state index in [9.17, 15) is 0 Å². The van der Waals surface area contributed by atoms with E-state index >= 15 is 0 Å². The van der Waals surface area contributed by atoms with Crippen LogP contribution in [-0.2, 0) is 5.33 Å². The van der Waals surface area contributed by atoms with Gasteiger partial charge in [-0.15, -0.1) is 0 Å². The highest BCUT2D eigenvalue weighted by Gasteiger charge is 1.99. The maximum atomic E-state index is 5.69. The molecule has 4 heteroatoms. The van der Waals surface area contributed by atoms with Gasteiger partial charge in [-0.2, -0.15) is 0 Å². The third-order valence-electron chi connectivity index (χ3n) is 1.37. The van der Waals surface area contributed by atoms with E-state index in [2.05, 4.69) is 26.2 Å². The van der Waals surface area contributed by atoms with Crippen LogP contribution in [0.3, 0.4) is 0 Å². The second-order valence-corrected chi connectivity index (χ2v) is 3.00. The van der Waals surface area contributed by atoms with Gasteiger partial charge >= 0.3 is 0 Å². The van der Waals surface area contributed by atoms with Gasteiger partial charge in [0.15, 0.2) is 0 Å². The van der Waals surface area contributed by atoms with Crippen molar-refractivity contribution < 1.29 is 0 Å². The van der Waals surface area contributed by atoms with Crippen molar-refractivity contribution in [1.82, 2.24) is 4.98 Å². The molecular formula is C7H8BrClN2. The number of aromatic nitrogens is 1. The Bertz CT molecular complexity index is 252. The lowest BCUT2D eigenvalue weighted by molar-refractivity contribution is 1.25. The van der Waals surface area contributed by atoms with Gasteiger partial charge in [0.1, 0.15) is 5.15 Å². The molecule has 0 radical (unpaired) electrons. The predicted octanol–water partition coefficient (Wildman–Crippen LogP) is 2.67. The molecule has 0 unspecified atom stereocenters. The summed E-state index contributed by atoms with van der Waals surface area (Å²) in [5.41, 5.74) is 2.12. The summed E-state index contributed by atoms with van der Waals surface area (Å²) in [5.74, 6) is 0. The summed E-state index contributed by atoms with van der Waals surface area (Å²) in [6.07, 6.45) is 1.75. The zero-order valence-electron chi connectivity index (χ0n) is 6.06. The van der Waals surface area contributed by atoms with Crippen LogP contribution in [0, 0.1) is 0 Å². The van der Waals surface area contributed by atoms with Crippen molar-refractivity contribution in [1.29, 1.82) is 0 Å². The average molecular weight is 236 g/mol. The molecule has 0 spiro atoms. The van der Waals surface area contributed by atoms with Crippen LogP contribution in [0.2, 0.25) is 5.15 Å². The Morgan fingerprint density at radius 2 is 2.45 bits per heavy atom. The minimum absolute atomic E-state index is 0.513. The van der Waals surface area contributed by atoms with Crippen molar-refractivity contribution >= 4 is 33.2 Å². The first-order chi connectivity index (χ1) is 5.27. The van der Waals surface area contributed by atoms with Crippen LogP contribution < -0.4 is 5.32 Å². The third kappa shape index (κ3) is 2.07. The summed E-state index contributed by atoms with van der Waals surface area (Å²) < 4.78 is 0. The van der Waals surface area contributed by atoms with Crippen LogP contribution in [0.5, 0.6) is 0 Å². The lowest BCUT2D eigenvalue weighted by Crippen LogP contribution is -1.94. The number of pyridine rings is 1. The number of anilines is 1. The second-order valence-electron chi connectivity index (χ2n) is 2.05. The molecule has 1 N–H and O–H groups in total. The Morgan fingerprint density at radius 1 is 1.73 bits per heavy atom. The van der Waals surface area contributed by atoms with Gasteiger partial charge in [0.05, 0.1) is 0 Å². The Kier molecular flexibility index (Phi) is 3.15. The molecule has 0 amide bonds. The molecule has 0 aliphatic rings. The fourth-order valence-corrected chi connectivity index (χ4v) is 1.40. The van der Waals surface area contributed by atoms with Crippen LogP contribution in [0.25, 0.3) is 0 Å². The second kappa shape index (κ2) is 3.93. The van der Waals surface area contributed by atoms with Gasteiger partial charge in [-0.05, 0) is 6.07 Å². The monoisotopic (exact) mass is 234 g/mol. The van der Waals surface area contributed by atoms with Crippen molar-refractivity contribution in [2.45, 2.75) is 5.33 Å². The third-order valence-corrected chi connectivity index (χ3v) is 2.18. The highest BCUT2D eigenvalue weighted by atomic mass is 79.9. The molecule has 1 aromatic heterocycles. The van der Waals surface area contributed by atoms with Crippen molar-refractivity contribution in [2.75, 3.05) is 12.4 Å². The Balaban J connectivity index is 3.06. The molecule has 0 aromatic carbocycles. The molecule has 1 heterocycles. The zero-order chi connectivity index (χ0) is 8.27. The van der Waals surface area contributed by atoms with Crippen LogP contribution in [0.4, 0.5) is 5.69 Å². The fourth-order valence-electron chi connectivity index (χ4n) is 0.797. The van der Waals surface area contributed by atoms with E-state index in [-0.39, 0.29) is 0 Å². The van der Waals surface area contributed by atoms with Crippen molar-refractivity contribution in [3.8, 4) is 0 Å². The predicted molar refractivity (Wildman–Crippen MR) is 51.4 cm³/mol. The van der Waals surface area contributed by atoms with E-state index < -0.39 is 0 Å². The molecule has 1 rings (SSSR count). The van der Waals surface area contributed by atoms with Crippen LogP contribution >= 0.6 is 27.5 Å². The maximum absolute atomic E-state index is 5.69. The molecule has 0 aliphatic carbocycles. The molecular weight excluding hydrogens is 227 g/mol. The van der Waals surface area contributed by atoms with Gasteiger partial charge in [0.25, 0.3) is 0 Å².